The monoisotopic (exact) mass is 548 g/mol. The Bertz CT molecular complexity index is 1090. The van der Waals surface area contributed by atoms with E-state index in [1.165, 1.54) is 33.4 Å². The summed E-state index contributed by atoms with van der Waals surface area (Å²) in [5.74, 6) is 0.322. The molecule has 0 fully saturated rings. The van der Waals surface area contributed by atoms with Crippen molar-refractivity contribution in [2.45, 2.75) is 37.0 Å². The SMILES string of the molecule is C=CCCCC(C1=CC=CC1)(c1ccccc1)C1c2ccccc2-c2ccccc21.[Cl-].[Cl-].[Zr+2]. The van der Waals surface area contributed by atoms with E-state index in [0.29, 0.717) is 5.92 Å². The van der Waals surface area contributed by atoms with E-state index in [1.54, 1.807) is 0 Å². The number of fused-ring (bicyclic) bond motifs is 3. The Labute approximate surface area is 229 Å². The third-order valence-electron chi connectivity index (χ3n) is 6.94. The van der Waals surface area contributed by atoms with Crippen LogP contribution >= 0.6 is 0 Å². The van der Waals surface area contributed by atoms with Gasteiger partial charge in [-0.25, -0.2) is 0 Å². The molecule has 1 unspecified atom stereocenters. The molecule has 2 aliphatic carbocycles. The van der Waals surface area contributed by atoms with Crippen molar-refractivity contribution in [3.05, 3.63) is 132 Å². The molecule has 3 heteroatoms. The predicted molar refractivity (Wildman–Crippen MR) is 128 cm³/mol. The topological polar surface area (TPSA) is 0 Å². The van der Waals surface area contributed by atoms with Crippen LogP contribution in [0.4, 0.5) is 0 Å². The minimum atomic E-state index is -0.0591. The molecule has 0 amide bonds. The average molecular weight is 551 g/mol. The molecule has 0 spiro atoms. The van der Waals surface area contributed by atoms with Gasteiger partial charge in [0.15, 0.2) is 0 Å². The van der Waals surface area contributed by atoms with Crippen molar-refractivity contribution in [3.63, 3.8) is 0 Å². The normalized spacial score (nSPS) is 15.1. The van der Waals surface area contributed by atoms with E-state index < -0.39 is 0 Å². The molecule has 0 heterocycles. The Hall–Kier alpha value is -1.66. The van der Waals surface area contributed by atoms with Crippen molar-refractivity contribution in [3.8, 4) is 11.1 Å². The number of halogens is 2. The summed E-state index contributed by atoms with van der Waals surface area (Å²) in [6.07, 6.45) is 13.3. The number of hydrogen-bond donors (Lipinski definition) is 0. The van der Waals surface area contributed by atoms with Crippen LogP contribution < -0.4 is 24.8 Å². The van der Waals surface area contributed by atoms with Gasteiger partial charge < -0.3 is 24.8 Å². The van der Waals surface area contributed by atoms with E-state index in [0.717, 1.165) is 25.7 Å². The van der Waals surface area contributed by atoms with Crippen molar-refractivity contribution in [2.75, 3.05) is 0 Å². The van der Waals surface area contributed by atoms with Crippen LogP contribution in [0, 0.1) is 0 Å². The summed E-state index contributed by atoms with van der Waals surface area (Å²) in [6, 6.07) is 29.3. The molecule has 0 nitrogen and oxygen atoms in total. The van der Waals surface area contributed by atoms with Crippen LogP contribution in [0.1, 0.15) is 48.3 Å². The van der Waals surface area contributed by atoms with Crippen molar-refractivity contribution in [2.24, 2.45) is 0 Å². The van der Waals surface area contributed by atoms with E-state index >= 15 is 0 Å². The van der Waals surface area contributed by atoms with Crippen LogP contribution in [-0.2, 0) is 31.6 Å². The molecule has 3 aromatic rings. The van der Waals surface area contributed by atoms with Gasteiger partial charge in [0.05, 0.1) is 0 Å². The fourth-order valence-electron chi connectivity index (χ4n) is 5.71. The Morgan fingerprint density at radius 3 is 1.94 bits per heavy atom. The zero-order valence-corrected chi connectivity index (χ0v) is 22.7. The van der Waals surface area contributed by atoms with Crippen molar-refractivity contribution in [1.82, 2.24) is 0 Å². The zero-order valence-electron chi connectivity index (χ0n) is 18.7. The van der Waals surface area contributed by atoms with Gasteiger partial charge in [-0.3, -0.25) is 0 Å². The molecule has 0 saturated carbocycles. The first-order chi connectivity index (χ1) is 14.9. The Morgan fingerprint density at radius 2 is 1.39 bits per heavy atom. The molecular weight excluding hydrogens is 522 g/mol. The zero-order chi connectivity index (χ0) is 20.4. The van der Waals surface area contributed by atoms with E-state index in [1.807, 2.05) is 0 Å². The average Bonchev–Trinajstić information content (AvgIpc) is 3.45. The summed E-state index contributed by atoms with van der Waals surface area (Å²) in [4.78, 5) is 0. The number of rotatable bonds is 7. The first-order valence-corrected chi connectivity index (χ1v) is 11.1. The molecule has 0 aliphatic heterocycles. The maximum absolute atomic E-state index is 3.99. The second-order valence-electron chi connectivity index (χ2n) is 8.45. The van der Waals surface area contributed by atoms with Crippen LogP contribution in [0.2, 0.25) is 0 Å². The van der Waals surface area contributed by atoms with Gasteiger partial charge in [0.25, 0.3) is 0 Å². The fraction of sp³-hybridized carbons (Fsp3) is 0.200. The number of benzene rings is 3. The third-order valence-corrected chi connectivity index (χ3v) is 6.94. The minimum Gasteiger partial charge on any atom is -1.00 e. The Balaban J connectivity index is 0.00000128. The molecule has 1 atom stereocenters. The molecule has 166 valence electrons. The first-order valence-electron chi connectivity index (χ1n) is 11.1. The van der Waals surface area contributed by atoms with Gasteiger partial charge in [0.2, 0.25) is 0 Å². The van der Waals surface area contributed by atoms with Crippen LogP contribution in [0.5, 0.6) is 0 Å². The smallest absolute Gasteiger partial charge is 1.00 e. The van der Waals surface area contributed by atoms with Gasteiger partial charge in [-0.1, -0.05) is 109 Å². The first kappa shape index (κ1) is 27.6. The number of hydrogen-bond acceptors (Lipinski definition) is 0. The maximum atomic E-state index is 3.99. The van der Waals surface area contributed by atoms with Gasteiger partial charge in [0, 0.05) is 11.3 Å². The summed E-state index contributed by atoms with van der Waals surface area (Å²) in [7, 11) is 0. The van der Waals surface area contributed by atoms with E-state index in [2.05, 4.69) is 110 Å². The molecule has 0 N–H and O–H groups in total. The molecule has 0 bridgehead atoms. The molecule has 0 aromatic heterocycles. The maximum Gasteiger partial charge on any atom is 2.00 e. The Kier molecular flexibility index (Phi) is 10.2. The number of unbranched alkanes of at least 4 members (excludes halogenated alkanes) is 1. The molecule has 33 heavy (non-hydrogen) atoms. The van der Waals surface area contributed by atoms with Crippen LogP contribution in [0.15, 0.2) is 115 Å². The minimum absolute atomic E-state index is 0. The molecular formula is C30H28Cl2Zr. The summed E-state index contributed by atoms with van der Waals surface area (Å²) >= 11 is 0. The second kappa shape index (κ2) is 12.2. The van der Waals surface area contributed by atoms with Gasteiger partial charge in [-0.05, 0) is 53.5 Å². The van der Waals surface area contributed by atoms with E-state index in [9.17, 15) is 0 Å². The summed E-state index contributed by atoms with van der Waals surface area (Å²) in [6.45, 7) is 3.99. The largest absolute Gasteiger partial charge is 2.00 e. The molecule has 3 aromatic carbocycles. The summed E-state index contributed by atoms with van der Waals surface area (Å²) in [5, 5.41) is 0. The van der Waals surface area contributed by atoms with E-state index in [-0.39, 0.29) is 56.4 Å². The van der Waals surface area contributed by atoms with Crippen LogP contribution in [0.25, 0.3) is 11.1 Å². The molecule has 5 rings (SSSR count). The summed E-state index contributed by atoms with van der Waals surface area (Å²) in [5.41, 5.74) is 8.64. The van der Waals surface area contributed by atoms with Crippen molar-refractivity contribution < 1.29 is 51.0 Å². The quantitative estimate of drug-likeness (QED) is 0.312. The fourth-order valence-corrected chi connectivity index (χ4v) is 5.71. The molecule has 0 radical (unpaired) electrons. The van der Waals surface area contributed by atoms with Crippen molar-refractivity contribution in [1.29, 1.82) is 0 Å². The van der Waals surface area contributed by atoms with Gasteiger partial charge in [-0.15, -0.1) is 6.58 Å². The molecule has 0 saturated heterocycles. The molecule has 2 aliphatic rings. The second-order valence-corrected chi connectivity index (χ2v) is 8.45. The summed E-state index contributed by atoms with van der Waals surface area (Å²) < 4.78 is 0. The van der Waals surface area contributed by atoms with Gasteiger partial charge in [0.1, 0.15) is 0 Å². The standard InChI is InChI=1S/C30H28.2ClH.Zr/c1-2-3-13-22-30(24-16-7-8-17-24,23-14-5-4-6-15-23)29-27-20-11-9-18-25(27)26-19-10-12-21-28(26)29;;;/h2,4-12,14-16,18-21,29H,1,3,13,17,22H2;2*1H;/q;;;+2/p-2. The van der Waals surface area contributed by atoms with E-state index in [4.69, 9.17) is 0 Å². The van der Waals surface area contributed by atoms with Gasteiger partial charge >= 0.3 is 26.2 Å². The third kappa shape index (κ3) is 4.79. The van der Waals surface area contributed by atoms with Crippen LogP contribution in [-0.4, -0.2) is 0 Å². The van der Waals surface area contributed by atoms with Crippen LogP contribution in [0.3, 0.4) is 0 Å². The Morgan fingerprint density at radius 1 is 0.818 bits per heavy atom. The van der Waals surface area contributed by atoms with Crippen molar-refractivity contribution >= 4 is 0 Å². The predicted octanol–water partition coefficient (Wildman–Crippen LogP) is 1.99. The number of allylic oxidation sites excluding steroid dienone is 5. The van der Waals surface area contributed by atoms with Gasteiger partial charge in [-0.2, -0.15) is 0 Å².